The van der Waals surface area contributed by atoms with Gasteiger partial charge in [0.25, 0.3) is 0 Å². The van der Waals surface area contributed by atoms with Gasteiger partial charge in [-0.1, -0.05) is 26.2 Å². The third kappa shape index (κ3) is 3.23. The first-order chi connectivity index (χ1) is 9.49. The van der Waals surface area contributed by atoms with E-state index >= 15 is 0 Å². The Labute approximate surface area is 116 Å². The minimum absolute atomic E-state index is 0.0785. The molecule has 1 saturated carbocycles. The van der Waals surface area contributed by atoms with Crippen molar-refractivity contribution in [1.82, 2.24) is 0 Å². The Bertz CT molecular complexity index is 508. The maximum Gasteiger partial charge on any atom is 0.327 e. The normalized spacial score (nSPS) is 22.6. The first kappa shape index (κ1) is 14.7. The second-order valence-corrected chi connectivity index (χ2v) is 5.44. The van der Waals surface area contributed by atoms with E-state index in [1.807, 2.05) is 0 Å². The molecule has 1 N–H and O–H groups in total. The van der Waals surface area contributed by atoms with Gasteiger partial charge < -0.3 is 5.32 Å². The average Bonchev–Trinajstić information content (AvgIpc) is 2.36. The van der Waals surface area contributed by atoms with Gasteiger partial charge in [0.2, 0.25) is 5.82 Å². The molecule has 20 heavy (non-hydrogen) atoms. The zero-order chi connectivity index (χ0) is 14.7. The fraction of sp³-hybridized carbons (Fsp3) is 0.571. The second-order valence-electron chi connectivity index (χ2n) is 5.44. The van der Waals surface area contributed by atoms with Gasteiger partial charge in [0.05, 0.1) is 4.92 Å². The molecule has 0 spiro atoms. The van der Waals surface area contributed by atoms with Gasteiger partial charge >= 0.3 is 5.69 Å². The summed E-state index contributed by atoms with van der Waals surface area (Å²) >= 11 is 0. The summed E-state index contributed by atoms with van der Waals surface area (Å²) in [4.78, 5) is 10.1. The molecule has 4 nitrogen and oxygen atoms in total. The van der Waals surface area contributed by atoms with E-state index in [-0.39, 0.29) is 5.69 Å². The number of hydrogen-bond donors (Lipinski definition) is 1. The third-order valence-electron chi connectivity index (χ3n) is 4.05. The second kappa shape index (κ2) is 6.15. The zero-order valence-electron chi connectivity index (χ0n) is 11.4. The maximum atomic E-state index is 13.5. The van der Waals surface area contributed by atoms with Crippen LogP contribution in [0, 0.1) is 33.6 Å². The molecule has 0 heterocycles. The summed E-state index contributed by atoms with van der Waals surface area (Å²) in [5.74, 6) is -1.05. The van der Waals surface area contributed by atoms with Crippen molar-refractivity contribution in [3.8, 4) is 0 Å². The molecule has 0 radical (unpaired) electrons. The average molecular weight is 284 g/mol. The maximum absolute atomic E-state index is 13.5. The summed E-state index contributed by atoms with van der Waals surface area (Å²) in [6.07, 6.45) is 4.51. The molecular formula is C14H18F2N2O2. The lowest BCUT2D eigenvalue weighted by Gasteiger charge is -2.29. The van der Waals surface area contributed by atoms with Crippen molar-refractivity contribution >= 4 is 11.4 Å². The predicted octanol–water partition coefficient (Wildman–Crippen LogP) is 4.11. The van der Waals surface area contributed by atoms with Crippen LogP contribution < -0.4 is 5.32 Å². The van der Waals surface area contributed by atoms with Gasteiger partial charge in [0.15, 0.2) is 0 Å². The van der Waals surface area contributed by atoms with Gasteiger partial charge in [-0.25, -0.2) is 4.39 Å². The zero-order valence-corrected chi connectivity index (χ0v) is 11.4. The number of benzene rings is 1. The summed E-state index contributed by atoms with van der Waals surface area (Å²) in [6.45, 7) is 2.65. The van der Waals surface area contributed by atoms with Crippen LogP contribution in [0.3, 0.4) is 0 Å². The largest absolute Gasteiger partial charge is 0.379 e. The van der Waals surface area contributed by atoms with E-state index in [2.05, 4.69) is 12.2 Å². The summed E-state index contributed by atoms with van der Waals surface area (Å²) in [6, 6.07) is 1.52. The number of nitrogens with zero attached hydrogens (tertiary/aromatic N) is 1. The molecule has 1 aliphatic rings. The molecule has 1 fully saturated rings. The molecule has 1 aromatic rings. The Morgan fingerprint density at radius 2 is 2.05 bits per heavy atom. The van der Waals surface area contributed by atoms with Crippen LogP contribution >= 0.6 is 0 Å². The highest BCUT2D eigenvalue weighted by molar-refractivity contribution is 5.62. The Hall–Kier alpha value is -1.72. The molecule has 0 aliphatic heterocycles. The Morgan fingerprint density at radius 1 is 1.35 bits per heavy atom. The van der Waals surface area contributed by atoms with Crippen LogP contribution in [0.5, 0.6) is 0 Å². The van der Waals surface area contributed by atoms with Crippen molar-refractivity contribution in [2.75, 3.05) is 11.9 Å². The van der Waals surface area contributed by atoms with Crippen LogP contribution in [-0.4, -0.2) is 11.5 Å². The molecule has 0 saturated heterocycles. The van der Waals surface area contributed by atoms with Gasteiger partial charge in [0.1, 0.15) is 11.5 Å². The van der Waals surface area contributed by atoms with Crippen molar-refractivity contribution in [1.29, 1.82) is 0 Å². The van der Waals surface area contributed by atoms with E-state index in [9.17, 15) is 18.9 Å². The number of hydrogen-bond acceptors (Lipinski definition) is 3. The van der Waals surface area contributed by atoms with Crippen LogP contribution in [0.4, 0.5) is 20.2 Å². The van der Waals surface area contributed by atoms with Crippen LogP contribution in [0.25, 0.3) is 0 Å². The van der Waals surface area contributed by atoms with E-state index in [1.165, 1.54) is 6.42 Å². The van der Waals surface area contributed by atoms with Gasteiger partial charge in [-0.3, -0.25) is 10.1 Å². The molecule has 2 unspecified atom stereocenters. The van der Waals surface area contributed by atoms with E-state index < -0.39 is 22.2 Å². The highest BCUT2D eigenvalue weighted by atomic mass is 19.1. The Morgan fingerprint density at radius 3 is 2.70 bits per heavy atom. The molecule has 1 aromatic carbocycles. The van der Waals surface area contributed by atoms with Crippen molar-refractivity contribution in [2.45, 2.75) is 32.6 Å². The molecule has 2 atom stereocenters. The van der Waals surface area contributed by atoms with Gasteiger partial charge in [-0.2, -0.15) is 4.39 Å². The van der Waals surface area contributed by atoms with Crippen molar-refractivity contribution in [3.05, 3.63) is 33.9 Å². The predicted molar refractivity (Wildman–Crippen MR) is 72.6 cm³/mol. The van der Waals surface area contributed by atoms with Crippen LogP contribution in [0.1, 0.15) is 32.6 Å². The van der Waals surface area contributed by atoms with Gasteiger partial charge in [0, 0.05) is 18.7 Å². The molecule has 110 valence electrons. The molecule has 2 rings (SSSR count). The molecule has 0 bridgehead atoms. The summed E-state index contributed by atoms with van der Waals surface area (Å²) in [7, 11) is 0. The number of nitro groups is 1. The fourth-order valence-electron chi connectivity index (χ4n) is 2.82. The van der Waals surface area contributed by atoms with E-state index in [1.54, 1.807) is 0 Å². The minimum atomic E-state index is -1.14. The highest BCUT2D eigenvalue weighted by Crippen LogP contribution is 2.32. The van der Waals surface area contributed by atoms with Crippen molar-refractivity contribution in [3.63, 3.8) is 0 Å². The molecule has 0 aromatic heterocycles. The molecular weight excluding hydrogens is 266 g/mol. The third-order valence-corrected chi connectivity index (χ3v) is 4.05. The Kier molecular flexibility index (Phi) is 4.52. The number of halogens is 2. The molecule has 6 heteroatoms. The number of nitro benzene ring substituents is 1. The van der Waals surface area contributed by atoms with Crippen LogP contribution in [0.15, 0.2) is 12.1 Å². The minimum Gasteiger partial charge on any atom is -0.379 e. The highest BCUT2D eigenvalue weighted by Gasteiger charge is 2.25. The standard InChI is InChI=1S/C14H18F2N2O2/c1-9-4-2-3-5-10(9)8-17-13-7-11(15)6-12(16)14(13)18(19)20/h6-7,9-10,17H,2-5,8H2,1H3. The summed E-state index contributed by atoms with van der Waals surface area (Å²) in [5, 5.41) is 13.7. The van der Waals surface area contributed by atoms with Crippen molar-refractivity contribution < 1.29 is 13.7 Å². The number of rotatable bonds is 4. The Balaban J connectivity index is 2.14. The smallest absolute Gasteiger partial charge is 0.327 e. The quantitative estimate of drug-likeness (QED) is 0.668. The summed E-state index contributed by atoms with van der Waals surface area (Å²) < 4.78 is 26.7. The first-order valence-corrected chi connectivity index (χ1v) is 6.86. The molecule has 1 aliphatic carbocycles. The number of anilines is 1. The fourth-order valence-corrected chi connectivity index (χ4v) is 2.82. The lowest BCUT2D eigenvalue weighted by molar-refractivity contribution is -0.386. The summed E-state index contributed by atoms with van der Waals surface area (Å²) in [5.41, 5.74) is -0.764. The van der Waals surface area contributed by atoms with E-state index in [4.69, 9.17) is 0 Å². The topological polar surface area (TPSA) is 55.2 Å². The number of nitrogens with one attached hydrogen (secondary N) is 1. The molecule has 0 amide bonds. The van der Waals surface area contributed by atoms with Crippen molar-refractivity contribution in [2.24, 2.45) is 11.8 Å². The monoisotopic (exact) mass is 284 g/mol. The van der Waals surface area contributed by atoms with E-state index in [0.29, 0.717) is 24.4 Å². The lowest BCUT2D eigenvalue weighted by Crippen LogP contribution is -2.24. The lowest BCUT2D eigenvalue weighted by atomic mass is 9.80. The van der Waals surface area contributed by atoms with E-state index in [0.717, 1.165) is 25.3 Å². The van der Waals surface area contributed by atoms with Gasteiger partial charge in [-0.15, -0.1) is 0 Å². The van der Waals surface area contributed by atoms with Crippen LogP contribution in [-0.2, 0) is 0 Å². The van der Waals surface area contributed by atoms with Crippen LogP contribution in [0.2, 0.25) is 0 Å². The van der Waals surface area contributed by atoms with Gasteiger partial charge in [-0.05, 0) is 18.3 Å². The first-order valence-electron chi connectivity index (χ1n) is 6.86. The SMILES string of the molecule is CC1CCCCC1CNc1cc(F)cc(F)c1[N+](=O)[O-].